The molecule has 10 heavy (non-hydrogen) atoms. The molecule has 0 aromatic carbocycles. The van der Waals surface area contributed by atoms with Gasteiger partial charge >= 0.3 is 5.97 Å². The molecule has 54 valence electrons. The average molecular weight is 139 g/mol. The van der Waals surface area contributed by atoms with E-state index >= 15 is 0 Å². The van der Waals surface area contributed by atoms with Crippen molar-refractivity contribution in [2.75, 3.05) is 0 Å². The van der Waals surface area contributed by atoms with E-state index < -0.39 is 5.97 Å². The summed E-state index contributed by atoms with van der Waals surface area (Å²) in [6.07, 6.45) is 1.85. The highest BCUT2D eigenvalue weighted by Crippen LogP contribution is 2.04. The standard InChI is InChI=1S/C7H9NO2/c1-5-6(2-3-8-5)4-7(9)10/h2-3,8H,4H2,1H3,(H,9,10). The van der Waals surface area contributed by atoms with Gasteiger partial charge in [0.1, 0.15) is 0 Å². The molecule has 0 bridgehead atoms. The van der Waals surface area contributed by atoms with Gasteiger partial charge in [0, 0.05) is 11.9 Å². The van der Waals surface area contributed by atoms with Gasteiger partial charge in [0.15, 0.2) is 0 Å². The summed E-state index contributed by atoms with van der Waals surface area (Å²) in [5.74, 6) is -0.789. The lowest BCUT2D eigenvalue weighted by Crippen LogP contribution is -1.99. The fraction of sp³-hybridized carbons (Fsp3) is 0.286. The third-order valence-electron chi connectivity index (χ3n) is 1.41. The first-order valence-electron chi connectivity index (χ1n) is 3.05. The number of hydrogen-bond donors (Lipinski definition) is 2. The normalized spacial score (nSPS) is 9.70. The molecule has 0 aliphatic carbocycles. The van der Waals surface area contributed by atoms with Crippen molar-refractivity contribution in [3.8, 4) is 0 Å². The van der Waals surface area contributed by atoms with E-state index in [1.54, 1.807) is 12.3 Å². The van der Waals surface area contributed by atoms with E-state index in [2.05, 4.69) is 4.98 Å². The van der Waals surface area contributed by atoms with E-state index in [0.29, 0.717) is 0 Å². The summed E-state index contributed by atoms with van der Waals surface area (Å²) >= 11 is 0. The van der Waals surface area contributed by atoms with E-state index in [0.717, 1.165) is 11.3 Å². The zero-order valence-electron chi connectivity index (χ0n) is 5.72. The van der Waals surface area contributed by atoms with Crippen molar-refractivity contribution in [3.63, 3.8) is 0 Å². The van der Waals surface area contributed by atoms with Crippen LogP contribution in [0.5, 0.6) is 0 Å². The Morgan fingerprint density at radius 1 is 1.80 bits per heavy atom. The summed E-state index contributed by atoms with van der Waals surface area (Å²) in [4.78, 5) is 13.1. The fourth-order valence-corrected chi connectivity index (χ4v) is 0.839. The molecule has 1 aromatic rings. The smallest absolute Gasteiger partial charge is 0.307 e. The van der Waals surface area contributed by atoms with E-state index in [4.69, 9.17) is 5.11 Å². The second-order valence-corrected chi connectivity index (χ2v) is 2.20. The molecule has 3 heteroatoms. The summed E-state index contributed by atoms with van der Waals surface area (Å²) in [5.41, 5.74) is 1.79. The number of aryl methyl sites for hydroxylation is 1. The zero-order valence-corrected chi connectivity index (χ0v) is 5.72. The molecule has 0 unspecified atom stereocenters. The number of rotatable bonds is 2. The molecule has 0 amide bonds. The van der Waals surface area contributed by atoms with Gasteiger partial charge in [-0.25, -0.2) is 0 Å². The monoisotopic (exact) mass is 139 g/mol. The summed E-state index contributed by atoms with van der Waals surface area (Å²) in [6, 6.07) is 1.78. The minimum atomic E-state index is -0.789. The number of aromatic amines is 1. The molecule has 0 atom stereocenters. The van der Waals surface area contributed by atoms with Crippen LogP contribution in [0.1, 0.15) is 11.3 Å². The summed E-state index contributed by atoms with van der Waals surface area (Å²) < 4.78 is 0. The first-order chi connectivity index (χ1) is 4.70. The summed E-state index contributed by atoms with van der Waals surface area (Å²) in [7, 11) is 0. The number of nitrogens with one attached hydrogen (secondary N) is 1. The summed E-state index contributed by atoms with van der Waals surface area (Å²) in [5, 5.41) is 8.40. The van der Waals surface area contributed by atoms with E-state index in [-0.39, 0.29) is 6.42 Å². The molecule has 1 heterocycles. The van der Waals surface area contributed by atoms with Crippen molar-refractivity contribution in [2.45, 2.75) is 13.3 Å². The predicted molar refractivity (Wildman–Crippen MR) is 36.9 cm³/mol. The number of carboxylic acid groups (broad SMARTS) is 1. The lowest BCUT2D eigenvalue weighted by atomic mass is 10.2. The Bertz CT molecular complexity index is 240. The molecule has 2 N–H and O–H groups in total. The van der Waals surface area contributed by atoms with Crippen LogP contribution in [0.3, 0.4) is 0 Å². The number of H-pyrrole nitrogens is 1. The molecule has 3 nitrogen and oxygen atoms in total. The van der Waals surface area contributed by atoms with Crippen LogP contribution in [0, 0.1) is 6.92 Å². The largest absolute Gasteiger partial charge is 0.481 e. The Morgan fingerprint density at radius 3 is 2.90 bits per heavy atom. The topological polar surface area (TPSA) is 53.1 Å². The maximum absolute atomic E-state index is 10.2. The Morgan fingerprint density at radius 2 is 2.50 bits per heavy atom. The van der Waals surface area contributed by atoms with E-state index in [1.807, 2.05) is 6.92 Å². The Balaban J connectivity index is 2.74. The van der Waals surface area contributed by atoms with Crippen LogP contribution in [0.2, 0.25) is 0 Å². The van der Waals surface area contributed by atoms with Crippen molar-refractivity contribution in [1.82, 2.24) is 4.98 Å². The Hall–Kier alpha value is -1.25. The maximum atomic E-state index is 10.2. The minimum absolute atomic E-state index is 0.106. The van der Waals surface area contributed by atoms with Gasteiger partial charge < -0.3 is 10.1 Å². The lowest BCUT2D eigenvalue weighted by Gasteiger charge is -1.91. The van der Waals surface area contributed by atoms with Crippen molar-refractivity contribution < 1.29 is 9.90 Å². The van der Waals surface area contributed by atoms with Crippen LogP contribution < -0.4 is 0 Å². The molecule has 0 radical (unpaired) electrons. The predicted octanol–water partition coefficient (Wildman–Crippen LogP) is 0.950. The van der Waals surface area contributed by atoms with E-state index in [1.165, 1.54) is 0 Å². The first kappa shape index (κ1) is 6.86. The van der Waals surface area contributed by atoms with Crippen LogP contribution in [0.4, 0.5) is 0 Å². The van der Waals surface area contributed by atoms with Gasteiger partial charge in [-0.1, -0.05) is 0 Å². The van der Waals surface area contributed by atoms with Crippen LogP contribution in [-0.4, -0.2) is 16.1 Å². The van der Waals surface area contributed by atoms with Crippen molar-refractivity contribution in [1.29, 1.82) is 0 Å². The number of aromatic nitrogens is 1. The van der Waals surface area contributed by atoms with Gasteiger partial charge in [-0.3, -0.25) is 4.79 Å². The molecular weight excluding hydrogens is 130 g/mol. The molecule has 0 aliphatic rings. The van der Waals surface area contributed by atoms with Crippen molar-refractivity contribution >= 4 is 5.97 Å². The number of aliphatic carboxylic acids is 1. The highest BCUT2D eigenvalue weighted by molar-refractivity contribution is 5.70. The molecule has 1 aromatic heterocycles. The lowest BCUT2D eigenvalue weighted by molar-refractivity contribution is -0.136. The molecular formula is C7H9NO2. The van der Waals surface area contributed by atoms with Gasteiger partial charge in [0.2, 0.25) is 0 Å². The molecule has 0 fully saturated rings. The molecule has 0 aliphatic heterocycles. The molecule has 0 saturated heterocycles. The minimum Gasteiger partial charge on any atom is -0.481 e. The molecule has 0 saturated carbocycles. The van der Waals surface area contributed by atoms with Crippen LogP contribution >= 0.6 is 0 Å². The second-order valence-electron chi connectivity index (χ2n) is 2.20. The second kappa shape index (κ2) is 2.56. The van der Waals surface area contributed by atoms with Gasteiger partial charge in [-0.2, -0.15) is 0 Å². The van der Waals surface area contributed by atoms with E-state index in [9.17, 15) is 4.79 Å². The maximum Gasteiger partial charge on any atom is 0.307 e. The number of carboxylic acids is 1. The molecule has 0 spiro atoms. The van der Waals surface area contributed by atoms with Gasteiger partial charge in [-0.05, 0) is 18.6 Å². The van der Waals surface area contributed by atoms with Crippen molar-refractivity contribution in [2.24, 2.45) is 0 Å². The van der Waals surface area contributed by atoms with Gasteiger partial charge in [-0.15, -0.1) is 0 Å². The zero-order chi connectivity index (χ0) is 7.56. The van der Waals surface area contributed by atoms with Crippen LogP contribution in [-0.2, 0) is 11.2 Å². The van der Waals surface area contributed by atoms with Crippen LogP contribution in [0.15, 0.2) is 12.3 Å². The highest BCUT2D eigenvalue weighted by atomic mass is 16.4. The number of hydrogen-bond acceptors (Lipinski definition) is 1. The van der Waals surface area contributed by atoms with Crippen LogP contribution in [0.25, 0.3) is 0 Å². The van der Waals surface area contributed by atoms with Gasteiger partial charge in [0.05, 0.1) is 6.42 Å². The third kappa shape index (κ3) is 1.37. The average Bonchev–Trinajstić information content (AvgIpc) is 2.15. The molecule has 1 rings (SSSR count). The Labute approximate surface area is 58.7 Å². The quantitative estimate of drug-likeness (QED) is 0.640. The third-order valence-corrected chi connectivity index (χ3v) is 1.41. The Kier molecular flexibility index (Phi) is 1.76. The highest BCUT2D eigenvalue weighted by Gasteiger charge is 2.02. The first-order valence-corrected chi connectivity index (χ1v) is 3.05. The number of carbonyl (C=O) groups is 1. The van der Waals surface area contributed by atoms with Gasteiger partial charge in [0.25, 0.3) is 0 Å². The van der Waals surface area contributed by atoms with Crippen molar-refractivity contribution in [3.05, 3.63) is 23.5 Å². The summed E-state index contributed by atoms with van der Waals surface area (Å²) in [6.45, 7) is 1.86. The fourth-order valence-electron chi connectivity index (χ4n) is 0.839. The SMILES string of the molecule is Cc1[nH]ccc1CC(=O)O.